The quantitative estimate of drug-likeness (QED) is 0.102. The van der Waals surface area contributed by atoms with Gasteiger partial charge in [0.05, 0.1) is 13.2 Å². The molecule has 0 N–H and O–H groups in total. The normalized spacial score (nSPS) is 22.2. The zero-order chi connectivity index (χ0) is 36.5. The second-order valence-electron chi connectivity index (χ2n) is 15.0. The number of hydrogen-bond donors (Lipinski definition) is 0. The number of hydrogen-bond acceptors (Lipinski definition) is 6. The Labute approximate surface area is 308 Å². The molecule has 0 aromatic carbocycles. The highest BCUT2D eigenvalue weighted by Gasteiger charge is 2.24. The van der Waals surface area contributed by atoms with Crippen LogP contribution in [-0.4, -0.2) is 63.9 Å². The molecule has 1 saturated heterocycles. The predicted molar refractivity (Wildman–Crippen MR) is 208 cm³/mol. The van der Waals surface area contributed by atoms with Gasteiger partial charge in [-0.25, -0.2) is 0 Å². The monoisotopic (exact) mass is 700 g/mol. The first-order valence-corrected chi connectivity index (χ1v) is 20.8. The van der Waals surface area contributed by atoms with E-state index in [4.69, 9.17) is 14.2 Å². The van der Waals surface area contributed by atoms with Gasteiger partial charge in [0.25, 0.3) is 0 Å². The molecule has 1 aliphatic heterocycles. The Morgan fingerprint density at radius 1 is 0.700 bits per heavy atom. The summed E-state index contributed by atoms with van der Waals surface area (Å²) in [5, 5.41) is 0. The van der Waals surface area contributed by atoms with Crippen LogP contribution in [-0.2, 0) is 23.8 Å². The fourth-order valence-electron chi connectivity index (χ4n) is 7.13. The SMILES string of the molecule is C=C=C=C=C1C(CCCCC)CCOC(=O)CCCCCCCC(COCCCN(C)C)CCCCCCCC(=O)OCCC1CCCCC. The fourth-order valence-corrected chi connectivity index (χ4v) is 7.13. The summed E-state index contributed by atoms with van der Waals surface area (Å²) in [5.41, 5.74) is 10.5. The van der Waals surface area contributed by atoms with Crippen LogP contribution >= 0.6 is 0 Å². The largest absolute Gasteiger partial charge is 0.466 e. The Kier molecular flexibility index (Phi) is 30.2. The summed E-state index contributed by atoms with van der Waals surface area (Å²) in [6.07, 6.45) is 26.2. The average molecular weight is 700 g/mol. The summed E-state index contributed by atoms with van der Waals surface area (Å²) < 4.78 is 17.7. The molecule has 0 aromatic heterocycles. The number of unbranched alkanes of at least 4 members (excludes halogenated alkanes) is 4. The molecule has 1 aliphatic rings. The number of ether oxygens (including phenoxy) is 3. The van der Waals surface area contributed by atoms with Gasteiger partial charge < -0.3 is 19.1 Å². The van der Waals surface area contributed by atoms with Crippen molar-refractivity contribution >= 4 is 11.9 Å². The first-order valence-electron chi connectivity index (χ1n) is 20.8. The van der Waals surface area contributed by atoms with Crippen LogP contribution in [0.25, 0.3) is 0 Å². The van der Waals surface area contributed by atoms with Gasteiger partial charge in [-0.15, -0.1) is 0 Å². The number of rotatable bonds is 14. The molecule has 1 rings (SSSR count). The summed E-state index contributed by atoms with van der Waals surface area (Å²) in [6.45, 7) is 11.8. The maximum absolute atomic E-state index is 12.7. The molecular formula is C44H77NO5. The molecule has 6 heteroatoms. The summed E-state index contributed by atoms with van der Waals surface area (Å²) >= 11 is 0. The molecule has 50 heavy (non-hydrogen) atoms. The van der Waals surface area contributed by atoms with Gasteiger partial charge in [-0.1, -0.05) is 115 Å². The first-order chi connectivity index (χ1) is 24.4. The van der Waals surface area contributed by atoms with Crippen molar-refractivity contribution < 1.29 is 23.8 Å². The van der Waals surface area contributed by atoms with Gasteiger partial charge in [0.1, 0.15) is 0 Å². The van der Waals surface area contributed by atoms with Crippen LogP contribution in [0.2, 0.25) is 0 Å². The summed E-state index contributed by atoms with van der Waals surface area (Å²) in [7, 11) is 4.22. The number of nitrogens with zero attached hydrogens (tertiary/aromatic N) is 1. The molecule has 6 nitrogen and oxygen atoms in total. The van der Waals surface area contributed by atoms with Gasteiger partial charge in [-0.05, 0) is 114 Å². The zero-order valence-electron chi connectivity index (χ0n) is 33.1. The Morgan fingerprint density at radius 2 is 1.20 bits per heavy atom. The smallest absolute Gasteiger partial charge is 0.305 e. The average Bonchev–Trinajstić information content (AvgIpc) is 3.09. The first kappa shape index (κ1) is 46.0. The molecule has 0 aliphatic carbocycles. The van der Waals surface area contributed by atoms with Gasteiger partial charge in [-0.2, -0.15) is 0 Å². The lowest BCUT2D eigenvalue weighted by molar-refractivity contribution is -0.144. The number of carbonyl (C=O) groups is 2. The lowest BCUT2D eigenvalue weighted by atomic mass is 9.79. The molecule has 1 fully saturated rings. The maximum Gasteiger partial charge on any atom is 0.305 e. The molecule has 0 spiro atoms. The van der Waals surface area contributed by atoms with Crippen LogP contribution in [0.15, 0.2) is 29.3 Å². The van der Waals surface area contributed by atoms with Crippen molar-refractivity contribution in [1.29, 1.82) is 0 Å². The lowest BCUT2D eigenvalue weighted by Crippen LogP contribution is -2.19. The molecule has 0 amide bonds. The predicted octanol–water partition coefficient (Wildman–Crippen LogP) is 11.3. The van der Waals surface area contributed by atoms with Gasteiger partial charge in [-0.3, -0.25) is 9.59 Å². The topological polar surface area (TPSA) is 65.1 Å². The third-order valence-electron chi connectivity index (χ3n) is 10.2. The van der Waals surface area contributed by atoms with Crippen molar-refractivity contribution in [2.75, 3.05) is 47.1 Å². The van der Waals surface area contributed by atoms with Crippen molar-refractivity contribution in [2.24, 2.45) is 17.8 Å². The third-order valence-corrected chi connectivity index (χ3v) is 10.2. The summed E-state index contributed by atoms with van der Waals surface area (Å²) in [5.74, 6) is 0.937. The van der Waals surface area contributed by atoms with Crippen molar-refractivity contribution in [3.05, 3.63) is 29.3 Å². The molecular weight excluding hydrogens is 622 g/mol. The molecule has 0 saturated carbocycles. The van der Waals surface area contributed by atoms with Crippen LogP contribution < -0.4 is 0 Å². The maximum atomic E-state index is 12.7. The number of cyclic esters (lactones) is 2. The standard InChI is InChI=1S/C44H77NO5/c1-6-9-18-27-40-32-36-49-43(46)30-22-16-12-14-20-25-39(38-48-35-24-34-45(4)5)26-21-15-13-17-23-31-44(47)50-37-33-41(28-19-10-7-2)42(40)29-11-8-3/h39-41H,3,6-7,9-10,12-28,30-38H2,1-2,4-5H3. The van der Waals surface area contributed by atoms with E-state index in [0.717, 1.165) is 103 Å². The van der Waals surface area contributed by atoms with E-state index in [0.29, 0.717) is 32.0 Å². The Hall–Kier alpha value is -2.06. The van der Waals surface area contributed by atoms with Crippen LogP contribution in [0, 0.1) is 17.8 Å². The van der Waals surface area contributed by atoms with Crippen molar-refractivity contribution in [2.45, 2.75) is 174 Å². The molecule has 0 radical (unpaired) electrons. The highest BCUT2D eigenvalue weighted by atomic mass is 16.5. The van der Waals surface area contributed by atoms with Crippen LogP contribution in [0.3, 0.4) is 0 Å². The number of allylic oxidation sites excluding steroid dienone is 1. The lowest BCUT2D eigenvalue weighted by Gasteiger charge is -2.26. The molecule has 1 heterocycles. The van der Waals surface area contributed by atoms with E-state index in [1.165, 1.54) is 69.8 Å². The van der Waals surface area contributed by atoms with Crippen LogP contribution in [0.1, 0.15) is 174 Å². The second-order valence-corrected chi connectivity index (χ2v) is 15.0. The Morgan fingerprint density at radius 3 is 1.68 bits per heavy atom. The molecule has 288 valence electrons. The number of carbonyl (C=O) groups excluding carboxylic acids is 2. The van der Waals surface area contributed by atoms with E-state index >= 15 is 0 Å². The third kappa shape index (κ3) is 25.8. The minimum absolute atomic E-state index is 0.0799. The van der Waals surface area contributed by atoms with Crippen molar-refractivity contribution in [1.82, 2.24) is 4.90 Å². The van der Waals surface area contributed by atoms with Crippen molar-refractivity contribution in [3.8, 4) is 0 Å². The van der Waals surface area contributed by atoms with Crippen molar-refractivity contribution in [3.63, 3.8) is 0 Å². The van der Waals surface area contributed by atoms with E-state index < -0.39 is 0 Å². The molecule has 0 aromatic rings. The van der Waals surface area contributed by atoms with E-state index in [1.807, 2.05) is 0 Å². The van der Waals surface area contributed by atoms with E-state index in [1.54, 1.807) is 0 Å². The van der Waals surface area contributed by atoms with Gasteiger partial charge in [0, 0.05) is 26.1 Å². The van der Waals surface area contributed by atoms with E-state index in [-0.39, 0.29) is 23.8 Å². The van der Waals surface area contributed by atoms with Gasteiger partial charge in [0.15, 0.2) is 0 Å². The highest BCUT2D eigenvalue weighted by Crippen LogP contribution is 2.33. The minimum Gasteiger partial charge on any atom is -0.466 e. The molecule has 2 atom stereocenters. The van der Waals surface area contributed by atoms with Gasteiger partial charge in [0.2, 0.25) is 0 Å². The minimum atomic E-state index is -0.0799. The Bertz CT molecular complexity index is 921. The second kappa shape index (κ2) is 32.8. The van der Waals surface area contributed by atoms with E-state index in [9.17, 15) is 9.59 Å². The highest BCUT2D eigenvalue weighted by molar-refractivity contribution is 5.69. The Balaban J connectivity index is 2.92. The molecule has 2 unspecified atom stereocenters. The molecule has 0 bridgehead atoms. The zero-order valence-corrected chi connectivity index (χ0v) is 33.1. The fraction of sp³-hybridized carbons (Fsp3) is 0.841. The van der Waals surface area contributed by atoms with Crippen LogP contribution in [0.4, 0.5) is 0 Å². The summed E-state index contributed by atoms with van der Waals surface area (Å²) in [4.78, 5) is 27.7. The number of esters is 2. The van der Waals surface area contributed by atoms with E-state index in [2.05, 4.69) is 56.6 Å². The van der Waals surface area contributed by atoms with Crippen LogP contribution in [0.5, 0.6) is 0 Å². The summed E-state index contributed by atoms with van der Waals surface area (Å²) in [6, 6.07) is 0. The van der Waals surface area contributed by atoms with Gasteiger partial charge >= 0.3 is 11.9 Å².